The standard InChI is InChI=1S/C21H26N2O3S/c1-16(2)18-7-5-17(6-8-18)13-14-22-27(25,26)20-11-9-19(10-12-20)23-15-3-4-21(23)24/h5-12,16,22H,3-4,13-15H2,1-2H3. The van der Waals surface area contributed by atoms with E-state index in [0.29, 0.717) is 31.8 Å². The van der Waals surface area contributed by atoms with Gasteiger partial charge in [-0.25, -0.2) is 13.1 Å². The van der Waals surface area contributed by atoms with Crippen LogP contribution in [0.5, 0.6) is 0 Å². The van der Waals surface area contributed by atoms with Crippen LogP contribution in [0.4, 0.5) is 5.69 Å². The lowest BCUT2D eigenvalue weighted by Gasteiger charge is -2.16. The van der Waals surface area contributed by atoms with E-state index in [4.69, 9.17) is 0 Å². The third-order valence-electron chi connectivity index (χ3n) is 4.88. The Morgan fingerprint density at radius 1 is 1.04 bits per heavy atom. The average molecular weight is 387 g/mol. The lowest BCUT2D eigenvalue weighted by molar-refractivity contribution is -0.117. The van der Waals surface area contributed by atoms with Crippen molar-refractivity contribution in [1.29, 1.82) is 0 Å². The summed E-state index contributed by atoms with van der Waals surface area (Å²) in [5.74, 6) is 0.573. The Balaban J connectivity index is 1.58. The maximum absolute atomic E-state index is 12.5. The van der Waals surface area contributed by atoms with Gasteiger partial charge in [0.2, 0.25) is 15.9 Å². The highest BCUT2D eigenvalue weighted by molar-refractivity contribution is 7.89. The minimum atomic E-state index is -3.56. The van der Waals surface area contributed by atoms with E-state index in [2.05, 4.69) is 30.7 Å². The number of carbonyl (C=O) groups excluding carboxylic acids is 1. The second-order valence-electron chi connectivity index (χ2n) is 7.19. The first-order chi connectivity index (χ1) is 12.9. The molecule has 1 saturated heterocycles. The van der Waals surface area contributed by atoms with E-state index in [-0.39, 0.29) is 10.8 Å². The maximum atomic E-state index is 12.5. The van der Waals surface area contributed by atoms with Crippen molar-refractivity contribution in [2.45, 2.75) is 43.9 Å². The van der Waals surface area contributed by atoms with Crippen molar-refractivity contribution in [3.63, 3.8) is 0 Å². The van der Waals surface area contributed by atoms with Crippen LogP contribution in [0.25, 0.3) is 0 Å². The van der Waals surface area contributed by atoms with E-state index >= 15 is 0 Å². The fraction of sp³-hybridized carbons (Fsp3) is 0.381. The van der Waals surface area contributed by atoms with Crippen molar-refractivity contribution in [1.82, 2.24) is 4.72 Å². The quantitative estimate of drug-likeness (QED) is 0.792. The Morgan fingerprint density at radius 3 is 2.26 bits per heavy atom. The van der Waals surface area contributed by atoms with Gasteiger partial charge in [0.05, 0.1) is 4.90 Å². The molecule has 144 valence electrons. The van der Waals surface area contributed by atoms with E-state index in [1.807, 2.05) is 12.1 Å². The highest BCUT2D eigenvalue weighted by Gasteiger charge is 2.22. The van der Waals surface area contributed by atoms with Gasteiger partial charge in [-0.05, 0) is 54.2 Å². The van der Waals surface area contributed by atoms with Gasteiger partial charge in [-0.1, -0.05) is 38.1 Å². The fourth-order valence-corrected chi connectivity index (χ4v) is 4.24. The number of nitrogens with zero attached hydrogens (tertiary/aromatic N) is 1. The Labute approximate surface area is 161 Å². The minimum absolute atomic E-state index is 0.0900. The molecule has 0 aliphatic carbocycles. The first-order valence-corrected chi connectivity index (χ1v) is 10.8. The smallest absolute Gasteiger partial charge is 0.240 e. The number of anilines is 1. The number of hydrogen-bond donors (Lipinski definition) is 1. The van der Waals surface area contributed by atoms with E-state index in [1.54, 1.807) is 29.2 Å². The SMILES string of the molecule is CC(C)c1ccc(CCNS(=O)(=O)c2ccc(N3CCCC3=O)cc2)cc1. The molecular formula is C21H26N2O3S. The molecule has 0 spiro atoms. The maximum Gasteiger partial charge on any atom is 0.240 e. The Hall–Kier alpha value is -2.18. The van der Waals surface area contributed by atoms with Gasteiger partial charge in [-0.2, -0.15) is 0 Å². The topological polar surface area (TPSA) is 66.5 Å². The van der Waals surface area contributed by atoms with Crippen LogP contribution in [0, 0.1) is 0 Å². The summed E-state index contributed by atoms with van der Waals surface area (Å²) in [6.07, 6.45) is 2.04. The minimum Gasteiger partial charge on any atom is -0.312 e. The van der Waals surface area contributed by atoms with Crippen LogP contribution >= 0.6 is 0 Å². The van der Waals surface area contributed by atoms with Gasteiger partial charge in [0.25, 0.3) is 0 Å². The summed E-state index contributed by atoms with van der Waals surface area (Å²) in [5, 5.41) is 0. The molecule has 3 rings (SSSR count). The van der Waals surface area contributed by atoms with Gasteiger partial charge < -0.3 is 4.90 Å². The average Bonchev–Trinajstić information content (AvgIpc) is 3.08. The molecule has 0 aromatic heterocycles. The number of benzene rings is 2. The van der Waals surface area contributed by atoms with Gasteiger partial charge >= 0.3 is 0 Å². The van der Waals surface area contributed by atoms with Crippen molar-refractivity contribution < 1.29 is 13.2 Å². The molecule has 0 saturated carbocycles. The van der Waals surface area contributed by atoms with Crippen molar-refractivity contribution in [3.05, 3.63) is 59.7 Å². The monoisotopic (exact) mass is 386 g/mol. The molecule has 1 fully saturated rings. The number of amides is 1. The molecule has 0 unspecified atom stereocenters. The molecule has 1 aliphatic heterocycles. The second-order valence-corrected chi connectivity index (χ2v) is 8.95. The number of sulfonamides is 1. The fourth-order valence-electron chi connectivity index (χ4n) is 3.21. The highest BCUT2D eigenvalue weighted by Crippen LogP contribution is 2.23. The third kappa shape index (κ3) is 4.76. The molecule has 1 aliphatic rings. The molecule has 0 radical (unpaired) electrons. The predicted molar refractivity (Wildman–Crippen MR) is 107 cm³/mol. The van der Waals surface area contributed by atoms with Gasteiger partial charge in [0.1, 0.15) is 0 Å². The molecule has 1 N–H and O–H groups in total. The predicted octanol–water partition coefficient (Wildman–Crippen LogP) is 3.46. The number of carbonyl (C=O) groups is 1. The van der Waals surface area contributed by atoms with E-state index in [1.165, 1.54) is 5.56 Å². The molecule has 2 aromatic rings. The van der Waals surface area contributed by atoms with Gasteiger partial charge in [0.15, 0.2) is 0 Å². The van der Waals surface area contributed by atoms with Crippen LogP contribution in [-0.4, -0.2) is 27.4 Å². The lowest BCUT2D eigenvalue weighted by atomic mass is 10.0. The molecule has 6 heteroatoms. The summed E-state index contributed by atoms with van der Waals surface area (Å²) in [7, 11) is -3.56. The van der Waals surface area contributed by atoms with E-state index in [0.717, 1.165) is 17.7 Å². The summed E-state index contributed by atoms with van der Waals surface area (Å²) in [4.78, 5) is 13.7. The van der Waals surface area contributed by atoms with Gasteiger partial charge in [-0.3, -0.25) is 4.79 Å². The third-order valence-corrected chi connectivity index (χ3v) is 6.36. The van der Waals surface area contributed by atoms with Crippen molar-refractivity contribution in [3.8, 4) is 0 Å². The zero-order chi connectivity index (χ0) is 19.4. The zero-order valence-corrected chi connectivity index (χ0v) is 16.6. The summed E-state index contributed by atoms with van der Waals surface area (Å²) in [5.41, 5.74) is 3.13. The molecule has 1 amide bonds. The molecule has 0 atom stereocenters. The summed E-state index contributed by atoms with van der Waals surface area (Å²) < 4.78 is 27.6. The zero-order valence-electron chi connectivity index (χ0n) is 15.8. The van der Waals surface area contributed by atoms with E-state index in [9.17, 15) is 13.2 Å². The Kier molecular flexibility index (Phi) is 5.97. The molecular weight excluding hydrogens is 360 g/mol. The number of hydrogen-bond acceptors (Lipinski definition) is 3. The molecule has 27 heavy (non-hydrogen) atoms. The van der Waals surface area contributed by atoms with Crippen LogP contribution in [0.15, 0.2) is 53.4 Å². The van der Waals surface area contributed by atoms with E-state index < -0.39 is 10.0 Å². The van der Waals surface area contributed by atoms with Crippen molar-refractivity contribution in [2.75, 3.05) is 18.0 Å². The summed E-state index contributed by atoms with van der Waals surface area (Å²) >= 11 is 0. The second kappa shape index (κ2) is 8.23. The number of nitrogens with one attached hydrogen (secondary N) is 1. The van der Waals surface area contributed by atoms with Gasteiger partial charge in [-0.15, -0.1) is 0 Å². The van der Waals surface area contributed by atoms with Crippen LogP contribution < -0.4 is 9.62 Å². The lowest BCUT2D eigenvalue weighted by Crippen LogP contribution is -2.26. The Bertz CT molecular complexity index is 888. The molecule has 0 bridgehead atoms. The summed E-state index contributed by atoms with van der Waals surface area (Å²) in [6.45, 7) is 5.33. The number of rotatable bonds is 7. The first kappa shape index (κ1) is 19.6. The van der Waals surface area contributed by atoms with Gasteiger partial charge in [0, 0.05) is 25.2 Å². The Morgan fingerprint density at radius 2 is 1.70 bits per heavy atom. The largest absolute Gasteiger partial charge is 0.312 e. The van der Waals surface area contributed by atoms with Crippen LogP contribution in [-0.2, 0) is 21.2 Å². The van der Waals surface area contributed by atoms with Crippen molar-refractivity contribution in [2.24, 2.45) is 0 Å². The van der Waals surface area contributed by atoms with Crippen LogP contribution in [0.3, 0.4) is 0 Å². The normalized spacial score (nSPS) is 14.9. The molecule has 5 nitrogen and oxygen atoms in total. The van der Waals surface area contributed by atoms with Crippen LogP contribution in [0.2, 0.25) is 0 Å². The van der Waals surface area contributed by atoms with Crippen molar-refractivity contribution >= 4 is 21.6 Å². The molecule has 2 aromatic carbocycles. The van der Waals surface area contributed by atoms with Crippen LogP contribution in [0.1, 0.15) is 43.7 Å². The summed E-state index contributed by atoms with van der Waals surface area (Å²) in [6, 6.07) is 14.8. The molecule has 1 heterocycles. The highest BCUT2D eigenvalue weighted by atomic mass is 32.2. The first-order valence-electron chi connectivity index (χ1n) is 9.36.